The molecule has 1 amide bonds. The van der Waals surface area contributed by atoms with Gasteiger partial charge in [-0.25, -0.2) is 4.79 Å². The van der Waals surface area contributed by atoms with Crippen LogP contribution in [0.4, 0.5) is 0 Å². The number of ether oxygens (including phenoxy) is 1. The fourth-order valence-electron chi connectivity index (χ4n) is 3.56. The number of amides is 1. The van der Waals surface area contributed by atoms with Gasteiger partial charge in [-0.05, 0) is 55.9 Å². The molecule has 2 aliphatic heterocycles. The van der Waals surface area contributed by atoms with E-state index in [1.54, 1.807) is 12.1 Å². The Hall–Kier alpha value is -1.88. The standard InChI is InChI=1S/C17H21NO4/c19-16(13-3-5-14(6-4-13)17(20)21)18-9-1-2-15(18)12-7-10-22-11-8-12/h3-6,12,15H,1-2,7-11H2,(H,20,21). The number of hydrogen-bond acceptors (Lipinski definition) is 3. The van der Waals surface area contributed by atoms with E-state index in [2.05, 4.69) is 0 Å². The summed E-state index contributed by atoms with van der Waals surface area (Å²) in [5.74, 6) is -0.426. The number of carboxylic acids is 1. The highest BCUT2D eigenvalue weighted by Gasteiger charge is 2.35. The topological polar surface area (TPSA) is 66.8 Å². The van der Waals surface area contributed by atoms with Crippen molar-refractivity contribution in [2.24, 2.45) is 5.92 Å². The second-order valence-corrected chi connectivity index (χ2v) is 6.04. The monoisotopic (exact) mass is 303 g/mol. The van der Waals surface area contributed by atoms with Gasteiger partial charge in [-0.2, -0.15) is 0 Å². The van der Waals surface area contributed by atoms with Crippen LogP contribution in [0.15, 0.2) is 24.3 Å². The zero-order chi connectivity index (χ0) is 15.5. The van der Waals surface area contributed by atoms with E-state index in [1.165, 1.54) is 12.1 Å². The van der Waals surface area contributed by atoms with Gasteiger partial charge >= 0.3 is 5.97 Å². The maximum atomic E-state index is 12.7. The van der Waals surface area contributed by atoms with E-state index in [4.69, 9.17) is 9.84 Å². The lowest BCUT2D eigenvalue weighted by Gasteiger charge is -2.34. The van der Waals surface area contributed by atoms with Crippen molar-refractivity contribution in [2.45, 2.75) is 31.7 Å². The van der Waals surface area contributed by atoms with Crippen LogP contribution in [0.1, 0.15) is 46.4 Å². The van der Waals surface area contributed by atoms with Crippen molar-refractivity contribution in [3.05, 3.63) is 35.4 Å². The molecule has 118 valence electrons. The van der Waals surface area contributed by atoms with E-state index in [0.717, 1.165) is 45.4 Å². The summed E-state index contributed by atoms with van der Waals surface area (Å²) in [6.07, 6.45) is 4.14. The number of carbonyl (C=O) groups excluding carboxylic acids is 1. The summed E-state index contributed by atoms with van der Waals surface area (Å²) in [7, 11) is 0. The molecule has 5 nitrogen and oxygen atoms in total. The third kappa shape index (κ3) is 2.99. The number of aromatic carboxylic acids is 1. The number of benzene rings is 1. The van der Waals surface area contributed by atoms with Crippen molar-refractivity contribution in [1.29, 1.82) is 0 Å². The number of nitrogens with zero attached hydrogens (tertiary/aromatic N) is 1. The quantitative estimate of drug-likeness (QED) is 0.931. The summed E-state index contributed by atoms with van der Waals surface area (Å²) in [6.45, 7) is 2.37. The van der Waals surface area contributed by atoms with Crippen LogP contribution >= 0.6 is 0 Å². The number of likely N-dealkylation sites (tertiary alicyclic amines) is 1. The summed E-state index contributed by atoms with van der Waals surface area (Å²) in [5, 5.41) is 8.93. The highest BCUT2D eigenvalue weighted by molar-refractivity contribution is 5.96. The number of carboxylic acid groups (broad SMARTS) is 1. The molecule has 1 aromatic rings. The maximum absolute atomic E-state index is 12.7. The lowest BCUT2D eigenvalue weighted by atomic mass is 9.90. The van der Waals surface area contributed by atoms with E-state index in [-0.39, 0.29) is 11.5 Å². The van der Waals surface area contributed by atoms with Crippen LogP contribution in [-0.2, 0) is 4.74 Å². The van der Waals surface area contributed by atoms with Gasteiger partial charge in [0.1, 0.15) is 0 Å². The fraction of sp³-hybridized carbons (Fsp3) is 0.529. The summed E-state index contributed by atoms with van der Waals surface area (Å²) in [5.41, 5.74) is 0.780. The molecule has 2 saturated heterocycles. The molecular formula is C17H21NO4. The van der Waals surface area contributed by atoms with Gasteiger partial charge in [0, 0.05) is 31.4 Å². The van der Waals surface area contributed by atoms with Gasteiger partial charge in [0.2, 0.25) is 0 Å². The van der Waals surface area contributed by atoms with Crippen molar-refractivity contribution >= 4 is 11.9 Å². The molecular weight excluding hydrogens is 282 g/mol. The molecule has 0 radical (unpaired) electrons. The zero-order valence-electron chi connectivity index (χ0n) is 12.5. The number of hydrogen-bond donors (Lipinski definition) is 1. The largest absolute Gasteiger partial charge is 0.478 e. The summed E-state index contributed by atoms with van der Waals surface area (Å²) < 4.78 is 5.42. The summed E-state index contributed by atoms with van der Waals surface area (Å²) in [6, 6.07) is 6.52. The average Bonchev–Trinajstić information content (AvgIpc) is 3.04. The molecule has 0 aromatic heterocycles. The fourth-order valence-corrected chi connectivity index (χ4v) is 3.56. The third-order valence-electron chi connectivity index (χ3n) is 4.75. The van der Waals surface area contributed by atoms with Gasteiger partial charge < -0.3 is 14.7 Å². The molecule has 0 aliphatic carbocycles. The molecule has 2 heterocycles. The second kappa shape index (κ2) is 6.48. The van der Waals surface area contributed by atoms with Crippen LogP contribution in [0.2, 0.25) is 0 Å². The number of carbonyl (C=O) groups is 2. The Bertz CT molecular complexity index is 548. The van der Waals surface area contributed by atoms with Gasteiger partial charge in [-0.1, -0.05) is 0 Å². The molecule has 22 heavy (non-hydrogen) atoms. The Morgan fingerprint density at radius 3 is 2.32 bits per heavy atom. The van der Waals surface area contributed by atoms with Crippen molar-refractivity contribution in [1.82, 2.24) is 4.90 Å². The predicted molar refractivity (Wildman–Crippen MR) is 81.0 cm³/mol. The molecule has 1 unspecified atom stereocenters. The first kappa shape index (κ1) is 15.0. The molecule has 0 saturated carbocycles. The minimum absolute atomic E-state index is 0.0194. The molecule has 5 heteroatoms. The van der Waals surface area contributed by atoms with Crippen LogP contribution in [0.3, 0.4) is 0 Å². The highest BCUT2D eigenvalue weighted by atomic mass is 16.5. The van der Waals surface area contributed by atoms with Crippen LogP contribution < -0.4 is 0 Å². The minimum atomic E-state index is -0.972. The van der Waals surface area contributed by atoms with E-state index in [9.17, 15) is 9.59 Å². The molecule has 3 rings (SSSR count). The smallest absolute Gasteiger partial charge is 0.335 e. The summed E-state index contributed by atoms with van der Waals surface area (Å²) in [4.78, 5) is 25.6. The van der Waals surface area contributed by atoms with Crippen LogP contribution in [0.5, 0.6) is 0 Å². The van der Waals surface area contributed by atoms with Gasteiger partial charge in [0.25, 0.3) is 5.91 Å². The first-order valence-corrected chi connectivity index (χ1v) is 7.89. The SMILES string of the molecule is O=C(O)c1ccc(C(=O)N2CCCC2C2CCOCC2)cc1. The zero-order valence-corrected chi connectivity index (χ0v) is 12.5. The van der Waals surface area contributed by atoms with E-state index < -0.39 is 5.97 Å². The van der Waals surface area contributed by atoms with Gasteiger partial charge in [0.15, 0.2) is 0 Å². The average molecular weight is 303 g/mol. The lowest BCUT2D eigenvalue weighted by molar-refractivity contribution is 0.0322. The highest BCUT2D eigenvalue weighted by Crippen LogP contribution is 2.31. The molecule has 2 fully saturated rings. The first-order chi connectivity index (χ1) is 10.7. The Morgan fingerprint density at radius 1 is 1.05 bits per heavy atom. The van der Waals surface area contributed by atoms with Crippen LogP contribution in [0.25, 0.3) is 0 Å². The van der Waals surface area contributed by atoms with Gasteiger partial charge in [-0.3, -0.25) is 4.79 Å². The van der Waals surface area contributed by atoms with Crippen molar-refractivity contribution in [3.8, 4) is 0 Å². The van der Waals surface area contributed by atoms with Crippen molar-refractivity contribution < 1.29 is 19.4 Å². The predicted octanol–water partition coefficient (Wildman–Crippen LogP) is 2.42. The second-order valence-electron chi connectivity index (χ2n) is 6.04. The van der Waals surface area contributed by atoms with Crippen LogP contribution in [0, 0.1) is 5.92 Å². The van der Waals surface area contributed by atoms with E-state index in [0.29, 0.717) is 17.5 Å². The molecule has 1 atom stereocenters. The van der Waals surface area contributed by atoms with Crippen molar-refractivity contribution in [2.75, 3.05) is 19.8 Å². The van der Waals surface area contributed by atoms with Gasteiger partial charge in [-0.15, -0.1) is 0 Å². The van der Waals surface area contributed by atoms with Crippen LogP contribution in [-0.4, -0.2) is 47.7 Å². The van der Waals surface area contributed by atoms with Gasteiger partial charge in [0.05, 0.1) is 5.56 Å². The van der Waals surface area contributed by atoms with Crippen molar-refractivity contribution in [3.63, 3.8) is 0 Å². The Balaban J connectivity index is 1.73. The Labute approximate surface area is 129 Å². The normalized spacial score (nSPS) is 22.7. The minimum Gasteiger partial charge on any atom is -0.478 e. The Kier molecular flexibility index (Phi) is 4.43. The molecule has 1 N–H and O–H groups in total. The molecule has 2 aliphatic rings. The third-order valence-corrected chi connectivity index (χ3v) is 4.75. The first-order valence-electron chi connectivity index (χ1n) is 7.89. The molecule has 0 spiro atoms. The molecule has 1 aromatic carbocycles. The van der Waals surface area contributed by atoms with E-state index >= 15 is 0 Å². The summed E-state index contributed by atoms with van der Waals surface area (Å²) >= 11 is 0. The lowest BCUT2D eigenvalue weighted by Crippen LogP contribution is -2.41. The Morgan fingerprint density at radius 2 is 1.68 bits per heavy atom. The molecule has 0 bridgehead atoms. The van der Waals surface area contributed by atoms with E-state index in [1.807, 2.05) is 4.90 Å². The number of rotatable bonds is 3. The maximum Gasteiger partial charge on any atom is 0.335 e.